The molecular formula is C27H32F3N5O9S. The third-order valence-corrected chi connectivity index (χ3v) is 7.15. The van der Waals surface area contributed by atoms with Gasteiger partial charge in [0.15, 0.2) is 5.69 Å². The number of nitrogens with one attached hydrogen (secondary N) is 1. The molecule has 2 aromatic carbocycles. The predicted molar refractivity (Wildman–Crippen MR) is 150 cm³/mol. The van der Waals surface area contributed by atoms with Gasteiger partial charge in [-0.25, -0.2) is 32.2 Å². The molecule has 3 rings (SSSR count). The number of amides is 1. The van der Waals surface area contributed by atoms with Crippen LogP contribution in [0.2, 0.25) is 0 Å². The number of halogens is 3. The molecule has 2 N–H and O–H groups in total. The van der Waals surface area contributed by atoms with Crippen molar-refractivity contribution < 1.29 is 55.4 Å². The minimum atomic E-state index is -4.72. The van der Waals surface area contributed by atoms with Crippen molar-refractivity contribution in [1.82, 2.24) is 24.8 Å². The van der Waals surface area contributed by atoms with Gasteiger partial charge in [-0.1, -0.05) is 36.8 Å². The van der Waals surface area contributed by atoms with Crippen LogP contribution in [-0.4, -0.2) is 78.6 Å². The van der Waals surface area contributed by atoms with E-state index in [-0.39, 0.29) is 34.7 Å². The molecule has 0 saturated heterocycles. The van der Waals surface area contributed by atoms with Crippen molar-refractivity contribution in [3.63, 3.8) is 0 Å². The summed E-state index contributed by atoms with van der Waals surface area (Å²) in [6.07, 6.45) is -7.48. The fraction of sp³-hybridized carbons (Fsp3) is 0.370. The largest absolute Gasteiger partial charge is 0.510 e. The van der Waals surface area contributed by atoms with Crippen LogP contribution in [-0.2, 0) is 35.2 Å². The van der Waals surface area contributed by atoms with Crippen LogP contribution >= 0.6 is 0 Å². The van der Waals surface area contributed by atoms with Crippen molar-refractivity contribution in [2.24, 2.45) is 0 Å². The molecule has 1 aromatic heterocycles. The summed E-state index contributed by atoms with van der Waals surface area (Å²) in [5.74, 6) is 0. The molecule has 14 nitrogen and oxygen atoms in total. The lowest BCUT2D eigenvalue weighted by atomic mass is 10.1. The lowest BCUT2D eigenvalue weighted by Gasteiger charge is -2.26. The van der Waals surface area contributed by atoms with E-state index in [2.05, 4.69) is 9.84 Å². The average Bonchev–Trinajstić information content (AvgIpc) is 3.41. The molecule has 1 heterocycles. The van der Waals surface area contributed by atoms with Crippen molar-refractivity contribution in [1.29, 1.82) is 0 Å². The number of ether oxygens (including phenoxy) is 3. The Hall–Kier alpha value is -4.23. The van der Waals surface area contributed by atoms with Gasteiger partial charge in [-0.15, -0.1) is 0 Å². The van der Waals surface area contributed by atoms with Gasteiger partial charge >= 0.3 is 18.4 Å². The van der Waals surface area contributed by atoms with Crippen LogP contribution in [0.15, 0.2) is 59.5 Å². The maximum Gasteiger partial charge on any atom is 0.510 e. The number of nitrogens with zero attached hydrogens (tertiary/aromatic N) is 4. The molecule has 18 heteroatoms. The molecule has 3 aromatic rings. The summed E-state index contributed by atoms with van der Waals surface area (Å²) < 4.78 is 82.9. The highest BCUT2D eigenvalue weighted by Gasteiger charge is 2.35. The fourth-order valence-corrected chi connectivity index (χ4v) is 4.54. The van der Waals surface area contributed by atoms with E-state index in [9.17, 15) is 36.4 Å². The number of hydrogen-bond acceptors (Lipinski definition) is 12. The number of alkyl halides is 3. The second kappa shape index (κ2) is 15.2. The molecule has 0 spiro atoms. The molecule has 246 valence electrons. The zero-order valence-corrected chi connectivity index (χ0v) is 25.5. The van der Waals surface area contributed by atoms with E-state index in [1.807, 2.05) is 6.92 Å². The molecule has 0 fully saturated rings. The molecule has 0 unspecified atom stereocenters. The summed E-state index contributed by atoms with van der Waals surface area (Å²) in [7, 11) is -4.44. The highest BCUT2D eigenvalue weighted by atomic mass is 32.2. The number of likely N-dealkylation sites (N-methyl/N-ethyl adjacent to an activating group) is 1. The van der Waals surface area contributed by atoms with Gasteiger partial charge in [-0.2, -0.15) is 23.3 Å². The Morgan fingerprint density at radius 3 is 2.29 bits per heavy atom. The number of hydrogen-bond donors (Lipinski definition) is 2. The summed E-state index contributed by atoms with van der Waals surface area (Å²) in [6, 6.07) is 12.3. The van der Waals surface area contributed by atoms with E-state index in [0.717, 1.165) is 33.5 Å². The average molecular weight is 660 g/mol. The van der Waals surface area contributed by atoms with Crippen LogP contribution in [0.1, 0.15) is 32.0 Å². The van der Waals surface area contributed by atoms with Gasteiger partial charge in [0.25, 0.3) is 10.0 Å². The molecule has 0 saturated carbocycles. The maximum absolute atomic E-state index is 13.5. The Morgan fingerprint density at radius 2 is 1.71 bits per heavy atom. The van der Waals surface area contributed by atoms with Gasteiger partial charge in [0.1, 0.15) is 6.61 Å². The van der Waals surface area contributed by atoms with Crippen molar-refractivity contribution in [2.45, 2.75) is 44.9 Å². The smallest absolute Gasteiger partial charge is 0.447 e. The third kappa shape index (κ3) is 10.1. The second-order valence-electron chi connectivity index (χ2n) is 9.53. The SMILES string of the molecule is CCN(CCOC(=O)NS(=O)(=O)c1ccc(-n2nc(C(F)(F)F)cc2-c2ccc(C)cc2)cc1)N(O)OCOC(=O)OC(C)C. The van der Waals surface area contributed by atoms with Crippen molar-refractivity contribution >= 4 is 22.3 Å². The predicted octanol–water partition coefficient (Wildman–Crippen LogP) is 4.66. The number of rotatable bonds is 13. The molecule has 45 heavy (non-hydrogen) atoms. The quantitative estimate of drug-likeness (QED) is 0.149. The Bertz CT molecular complexity index is 1550. The van der Waals surface area contributed by atoms with Crippen molar-refractivity contribution in [2.75, 3.05) is 26.5 Å². The normalized spacial score (nSPS) is 12.1. The number of aromatic nitrogens is 2. The van der Waals surface area contributed by atoms with Gasteiger partial charge in [-0.3, -0.25) is 5.21 Å². The highest BCUT2D eigenvalue weighted by molar-refractivity contribution is 7.90. The Kier molecular flexibility index (Phi) is 11.9. The van der Waals surface area contributed by atoms with Crippen LogP contribution < -0.4 is 4.72 Å². The standard InChI is InChI=1S/C27H32F3N5O9S/c1-5-33(35(38)43-17-42-26(37)44-18(2)3)14-15-41-25(36)32-45(39,40)22-12-10-21(11-13-22)34-23(16-24(31-34)27(28,29)30)20-8-6-19(4)7-9-20/h6-13,16,18,38H,5,14-15,17H2,1-4H3,(H,32,36). The fourth-order valence-electron chi connectivity index (χ4n) is 3.65. The minimum absolute atomic E-state index is 0.133. The number of hydrazine groups is 1. The zero-order chi connectivity index (χ0) is 33.4. The van der Waals surface area contributed by atoms with Gasteiger partial charge in [0.2, 0.25) is 6.79 Å². The Labute approximate surface area is 256 Å². The molecule has 0 aliphatic heterocycles. The number of aryl methyl sites for hydroxylation is 1. The van der Waals surface area contributed by atoms with Gasteiger partial charge < -0.3 is 14.2 Å². The van der Waals surface area contributed by atoms with E-state index in [0.29, 0.717) is 5.56 Å². The molecular weight excluding hydrogens is 627 g/mol. The van der Waals surface area contributed by atoms with Crippen LogP contribution in [0.3, 0.4) is 0 Å². The lowest BCUT2D eigenvalue weighted by molar-refractivity contribution is -0.455. The first-order valence-electron chi connectivity index (χ1n) is 13.3. The van der Waals surface area contributed by atoms with Crippen LogP contribution in [0.4, 0.5) is 22.8 Å². The van der Waals surface area contributed by atoms with Crippen LogP contribution in [0.5, 0.6) is 0 Å². The van der Waals surface area contributed by atoms with Crippen molar-refractivity contribution in [3.8, 4) is 16.9 Å². The van der Waals surface area contributed by atoms with E-state index in [1.54, 1.807) is 49.8 Å². The Balaban J connectivity index is 1.60. The van der Waals surface area contributed by atoms with E-state index in [1.165, 1.54) is 12.1 Å². The molecule has 0 bridgehead atoms. The van der Waals surface area contributed by atoms with Gasteiger partial charge in [0.05, 0.1) is 28.9 Å². The first-order valence-corrected chi connectivity index (χ1v) is 14.8. The minimum Gasteiger partial charge on any atom is -0.447 e. The van der Waals surface area contributed by atoms with Gasteiger partial charge in [-0.05, 0) is 51.1 Å². The number of carbonyl (C=O) groups is 2. The summed E-state index contributed by atoms with van der Waals surface area (Å²) in [4.78, 5) is 28.0. The molecule has 0 aliphatic rings. The topological polar surface area (TPSA) is 162 Å². The molecule has 0 atom stereocenters. The second-order valence-corrected chi connectivity index (χ2v) is 11.2. The number of sulfonamides is 1. The molecule has 0 radical (unpaired) electrons. The maximum atomic E-state index is 13.5. The van der Waals surface area contributed by atoms with Crippen LogP contribution in [0.25, 0.3) is 16.9 Å². The zero-order valence-electron chi connectivity index (χ0n) is 24.6. The first-order chi connectivity index (χ1) is 21.1. The summed E-state index contributed by atoms with van der Waals surface area (Å²) in [5, 5.41) is 15.0. The molecule has 0 aliphatic carbocycles. The van der Waals surface area contributed by atoms with E-state index < -0.39 is 53.6 Å². The summed E-state index contributed by atoms with van der Waals surface area (Å²) in [5.41, 5.74) is 0.508. The van der Waals surface area contributed by atoms with Crippen molar-refractivity contribution in [3.05, 3.63) is 65.9 Å². The molecule has 1 amide bonds. The Morgan fingerprint density at radius 1 is 1.07 bits per heavy atom. The number of carbonyl (C=O) groups excluding carboxylic acids is 2. The van der Waals surface area contributed by atoms with E-state index in [4.69, 9.17) is 14.3 Å². The first kappa shape index (κ1) is 35.3. The third-order valence-electron chi connectivity index (χ3n) is 5.82. The highest BCUT2D eigenvalue weighted by Crippen LogP contribution is 2.33. The number of benzene rings is 2. The van der Waals surface area contributed by atoms with Crippen LogP contribution in [0, 0.1) is 6.92 Å². The van der Waals surface area contributed by atoms with Gasteiger partial charge in [0, 0.05) is 17.4 Å². The summed E-state index contributed by atoms with van der Waals surface area (Å²) >= 11 is 0. The van der Waals surface area contributed by atoms with E-state index >= 15 is 0 Å². The lowest BCUT2D eigenvalue weighted by Crippen LogP contribution is -2.43. The monoisotopic (exact) mass is 659 g/mol. The summed E-state index contributed by atoms with van der Waals surface area (Å²) in [6.45, 7) is 5.58.